The number of hydrogen-bond donors (Lipinski definition) is 1. The summed E-state index contributed by atoms with van der Waals surface area (Å²) in [7, 11) is 3.72. The molecule has 0 aromatic heterocycles. The highest BCUT2D eigenvalue weighted by molar-refractivity contribution is 6.14. The van der Waals surface area contributed by atoms with Crippen LogP contribution in [0.1, 0.15) is 21.5 Å². The molecule has 23 heavy (non-hydrogen) atoms. The topological polar surface area (TPSA) is 49.8 Å². The van der Waals surface area contributed by atoms with Gasteiger partial charge in [-0.15, -0.1) is 0 Å². The van der Waals surface area contributed by atoms with Crippen LogP contribution in [0.25, 0.3) is 6.08 Å². The summed E-state index contributed by atoms with van der Waals surface area (Å²) in [4.78, 5) is 14.3. The van der Waals surface area contributed by atoms with Crippen molar-refractivity contribution in [1.29, 1.82) is 0 Å². The van der Waals surface area contributed by atoms with Gasteiger partial charge in [0.05, 0.1) is 11.1 Å². The molecule has 0 atom stereocenters. The number of rotatable bonds is 3. The number of ketones is 1. The van der Waals surface area contributed by atoms with Crippen LogP contribution in [0.5, 0.6) is 11.5 Å². The number of carbonyl (C=O) groups is 1. The van der Waals surface area contributed by atoms with Gasteiger partial charge in [-0.05, 0) is 50.0 Å². The number of ether oxygens (including phenoxy) is 1. The van der Waals surface area contributed by atoms with E-state index in [2.05, 4.69) is 0 Å². The summed E-state index contributed by atoms with van der Waals surface area (Å²) in [5, 5.41) is 10.0. The van der Waals surface area contributed by atoms with Crippen molar-refractivity contribution >= 4 is 11.9 Å². The molecule has 0 aliphatic carbocycles. The second kappa shape index (κ2) is 5.85. The minimum absolute atomic E-state index is 0.0808. The highest BCUT2D eigenvalue weighted by Gasteiger charge is 2.31. The van der Waals surface area contributed by atoms with Gasteiger partial charge in [0.25, 0.3) is 0 Å². The monoisotopic (exact) mass is 313 g/mol. The molecule has 1 N–H and O–H groups in total. The Morgan fingerprint density at radius 3 is 2.74 bits per heavy atom. The van der Waals surface area contributed by atoms with Crippen LogP contribution < -0.4 is 4.74 Å². The third-order valence-corrected chi connectivity index (χ3v) is 3.54. The minimum Gasteiger partial charge on any atom is -0.507 e. The Bertz CT molecular complexity index is 812. The van der Waals surface area contributed by atoms with Crippen LogP contribution in [-0.4, -0.2) is 29.9 Å². The molecular formula is C18H16FNO3. The maximum atomic E-state index is 13.3. The zero-order chi connectivity index (χ0) is 16.6. The van der Waals surface area contributed by atoms with E-state index in [1.54, 1.807) is 18.2 Å². The van der Waals surface area contributed by atoms with E-state index >= 15 is 0 Å². The quantitative estimate of drug-likeness (QED) is 0.884. The average molecular weight is 313 g/mol. The van der Waals surface area contributed by atoms with E-state index in [1.807, 2.05) is 19.0 Å². The maximum Gasteiger partial charge on any atom is 0.231 e. The lowest BCUT2D eigenvalue weighted by atomic mass is 10.0. The number of phenolic OH excluding ortho intramolecular Hbond substituents is 1. The van der Waals surface area contributed by atoms with E-state index in [-0.39, 0.29) is 23.1 Å². The van der Waals surface area contributed by atoms with Gasteiger partial charge in [0, 0.05) is 6.54 Å². The Morgan fingerprint density at radius 1 is 1.26 bits per heavy atom. The van der Waals surface area contributed by atoms with Gasteiger partial charge in [0.2, 0.25) is 5.78 Å². The summed E-state index contributed by atoms with van der Waals surface area (Å²) in [6.07, 6.45) is 1.50. The SMILES string of the molecule is CN(C)Cc1c(O)ccc2c1O/C(=C/c1cccc(F)c1)C2=O. The van der Waals surface area contributed by atoms with Gasteiger partial charge >= 0.3 is 0 Å². The van der Waals surface area contributed by atoms with E-state index in [0.717, 1.165) is 0 Å². The van der Waals surface area contributed by atoms with Crippen molar-refractivity contribution in [3.8, 4) is 11.5 Å². The first kappa shape index (κ1) is 15.2. The minimum atomic E-state index is -0.381. The second-order valence-corrected chi connectivity index (χ2v) is 5.67. The van der Waals surface area contributed by atoms with Crippen molar-refractivity contribution in [1.82, 2.24) is 4.90 Å². The zero-order valence-electron chi connectivity index (χ0n) is 12.8. The summed E-state index contributed by atoms with van der Waals surface area (Å²) >= 11 is 0. The summed E-state index contributed by atoms with van der Waals surface area (Å²) in [6, 6.07) is 8.94. The maximum absolute atomic E-state index is 13.3. The highest BCUT2D eigenvalue weighted by Crippen LogP contribution is 2.39. The number of aromatic hydroxyl groups is 1. The Labute approximate surface area is 133 Å². The van der Waals surface area contributed by atoms with E-state index in [1.165, 1.54) is 24.3 Å². The molecule has 118 valence electrons. The summed E-state index contributed by atoms with van der Waals surface area (Å²) in [5.41, 5.74) is 1.50. The van der Waals surface area contributed by atoms with Crippen molar-refractivity contribution in [3.63, 3.8) is 0 Å². The van der Waals surface area contributed by atoms with Crippen molar-refractivity contribution in [2.75, 3.05) is 14.1 Å². The molecule has 0 radical (unpaired) electrons. The van der Waals surface area contributed by atoms with Crippen LogP contribution in [0.4, 0.5) is 4.39 Å². The van der Waals surface area contributed by atoms with Gasteiger partial charge in [-0.1, -0.05) is 12.1 Å². The molecule has 0 unspecified atom stereocenters. The van der Waals surface area contributed by atoms with E-state index in [9.17, 15) is 14.3 Å². The van der Waals surface area contributed by atoms with Crippen LogP contribution in [0.15, 0.2) is 42.2 Å². The molecule has 0 amide bonds. The molecule has 3 rings (SSSR count). The van der Waals surface area contributed by atoms with E-state index in [0.29, 0.717) is 29.0 Å². The normalized spacial score (nSPS) is 15.1. The zero-order valence-corrected chi connectivity index (χ0v) is 12.8. The molecule has 2 aromatic carbocycles. The van der Waals surface area contributed by atoms with Crippen LogP contribution in [0.2, 0.25) is 0 Å². The fourth-order valence-electron chi connectivity index (χ4n) is 2.51. The third-order valence-electron chi connectivity index (χ3n) is 3.54. The molecule has 0 saturated heterocycles. The molecule has 0 bridgehead atoms. The van der Waals surface area contributed by atoms with Gasteiger partial charge in [-0.25, -0.2) is 4.39 Å². The Hall–Kier alpha value is -2.66. The number of Topliss-reactive ketones (excluding diaryl/α,β-unsaturated/α-hetero) is 1. The Kier molecular flexibility index (Phi) is 3.88. The molecule has 2 aromatic rings. The standard InChI is InChI=1S/C18H16FNO3/c1-20(2)10-14-15(21)7-6-13-17(22)16(23-18(13)14)9-11-4-3-5-12(19)8-11/h3-9,21H,10H2,1-2H3/b16-9+. The van der Waals surface area contributed by atoms with Gasteiger partial charge < -0.3 is 14.7 Å². The average Bonchev–Trinajstić information content (AvgIpc) is 2.79. The summed E-state index contributed by atoms with van der Waals surface area (Å²) < 4.78 is 18.9. The van der Waals surface area contributed by atoms with Crippen molar-refractivity contribution in [3.05, 3.63) is 64.7 Å². The first-order chi connectivity index (χ1) is 11.0. The number of nitrogens with zero attached hydrogens (tertiary/aromatic N) is 1. The van der Waals surface area contributed by atoms with Gasteiger partial charge in [-0.2, -0.15) is 0 Å². The Balaban J connectivity index is 2.02. The predicted octanol–water partition coefficient (Wildman–Crippen LogP) is 3.21. The van der Waals surface area contributed by atoms with Crippen molar-refractivity contribution in [2.45, 2.75) is 6.54 Å². The lowest BCUT2D eigenvalue weighted by Crippen LogP contribution is -2.11. The van der Waals surface area contributed by atoms with Crippen LogP contribution >= 0.6 is 0 Å². The molecule has 1 heterocycles. The van der Waals surface area contributed by atoms with Crippen molar-refractivity contribution in [2.24, 2.45) is 0 Å². The molecule has 4 nitrogen and oxygen atoms in total. The molecule has 1 aliphatic rings. The molecule has 5 heteroatoms. The van der Waals surface area contributed by atoms with Crippen molar-refractivity contribution < 1.29 is 19.0 Å². The van der Waals surface area contributed by atoms with Gasteiger partial charge in [0.15, 0.2) is 5.76 Å². The van der Waals surface area contributed by atoms with Crippen LogP contribution in [-0.2, 0) is 6.54 Å². The number of allylic oxidation sites excluding steroid dienone is 1. The first-order valence-electron chi connectivity index (χ1n) is 7.15. The number of fused-ring (bicyclic) bond motifs is 1. The molecule has 0 spiro atoms. The molecule has 0 saturated carbocycles. The number of hydrogen-bond acceptors (Lipinski definition) is 4. The number of phenols is 1. The fourth-order valence-corrected chi connectivity index (χ4v) is 2.51. The van der Waals surface area contributed by atoms with Gasteiger partial charge in [0.1, 0.15) is 17.3 Å². The van der Waals surface area contributed by atoms with E-state index < -0.39 is 0 Å². The van der Waals surface area contributed by atoms with Crippen LogP contribution in [0, 0.1) is 5.82 Å². The Morgan fingerprint density at radius 2 is 2.04 bits per heavy atom. The molecule has 0 fully saturated rings. The lowest BCUT2D eigenvalue weighted by molar-refractivity contribution is 0.101. The fraction of sp³-hybridized carbons (Fsp3) is 0.167. The van der Waals surface area contributed by atoms with Crippen LogP contribution in [0.3, 0.4) is 0 Å². The highest BCUT2D eigenvalue weighted by atomic mass is 19.1. The first-order valence-corrected chi connectivity index (χ1v) is 7.15. The third kappa shape index (κ3) is 2.96. The van der Waals surface area contributed by atoms with E-state index in [4.69, 9.17) is 4.74 Å². The summed E-state index contributed by atoms with van der Waals surface area (Å²) in [6.45, 7) is 0.440. The second-order valence-electron chi connectivity index (χ2n) is 5.67. The smallest absolute Gasteiger partial charge is 0.231 e. The predicted molar refractivity (Wildman–Crippen MR) is 84.8 cm³/mol. The number of carbonyl (C=O) groups excluding carboxylic acids is 1. The number of halogens is 1. The molecule has 1 aliphatic heterocycles. The lowest BCUT2D eigenvalue weighted by Gasteiger charge is -2.13. The summed E-state index contributed by atoms with van der Waals surface area (Å²) in [5.74, 6) is -0.0858. The number of benzene rings is 2. The molecular weight excluding hydrogens is 297 g/mol. The van der Waals surface area contributed by atoms with Gasteiger partial charge in [-0.3, -0.25) is 4.79 Å². The largest absolute Gasteiger partial charge is 0.507 e.